The Morgan fingerprint density at radius 3 is 2.63 bits per heavy atom. The second kappa shape index (κ2) is 8.67. The van der Waals surface area contributed by atoms with Crippen LogP contribution < -0.4 is 15.0 Å². The fourth-order valence-corrected chi connectivity index (χ4v) is 5.39. The van der Waals surface area contributed by atoms with E-state index in [-0.39, 0.29) is 46.6 Å². The largest absolute Gasteiger partial charge is 0.507 e. The number of hydrogen-bond donors (Lipinski definition) is 2. The third-order valence-electron chi connectivity index (χ3n) is 7.25. The van der Waals surface area contributed by atoms with Crippen molar-refractivity contribution in [1.29, 1.82) is 0 Å². The Morgan fingerprint density at radius 2 is 1.89 bits per heavy atom. The number of rotatable bonds is 6. The Bertz CT molecular complexity index is 1240. The van der Waals surface area contributed by atoms with Crippen LogP contribution in [0.1, 0.15) is 32.1 Å². The maximum Gasteiger partial charge on any atom is 0.216 e. The van der Waals surface area contributed by atoms with Crippen LogP contribution in [0.25, 0.3) is 22.5 Å². The molecule has 4 unspecified atom stereocenters. The molecule has 1 aromatic carbocycles. The molecule has 2 aromatic heterocycles. The van der Waals surface area contributed by atoms with Gasteiger partial charge in [0.15, 0.2) is 5.82 Å². The number of methoxy groups -OCH3 is 1. The fourth-order valence-electron chi connectivity index (χ4n) is 5.39. The highest BCUT2D eigenvalue weighted by Crippen LogP contribution is 2.40. The van der Waals surface area contributed by atoms with E-state index in [0.717, 1.165) is 32.1 Å². The second-order valence-corrected chi connectivity index (χ2v) is 9.50. The van der Waals surface area contributed by atoms with Gasteiger partial charge in [0, 0.05) is 35.3 Å². The maximum atomic E-state index is 15.3. The molecule has 6 rings (SSSR count). The summed E-state index contributed by atoms with van der Waals surface area (Å²) in [5.41, 5.74) is 0.947. The topological polar surface area (TPSA) is 96.3 Å². The highest BCUT2D eigenvalue weighted by molar-refractivity contribution is 5.74. The molecule has 2 N–H and O–H groups in total. The van der Waals surface area contributed by atoms with E-state index in [9.17, 15) is 5.11 Å². The van der Waals surface area contributed by atoms with Crippen molar-refractivity contribution in [2.75, 3.05) is 12.0 Å². The number of halogens is 2. The molecule has 2 aliphatic heterocycles. The number of nitrogens with zero attached hydrogens (tertiary/aromatic N) is 5. The molecule has 3 fully saturated rings. The summed E-state index contributed by atoms with van der Waals surface area (Å²) in [7, 11) is 1.46. The predicted molar refractivity (Wildman–Crippen MR) is 125 cm³/mol. The highest BCUT2D eigenvalue weighted by atomic mass is 19.1. The molecule has 0 spiro atoms. The molecular formula is C25H26F2N6O2. The minimum absolute atomic E-state index is 0.0967. The van der Waals surface area contributed by atoms with Gasteiger partial charge in [-0.25, -0.2) is 18.7 Å². The number of phenols is 1. The van der Waals surface area contributed by atoms with Crippen molar-refractivity contribution < 1.29 is 18.6 Å². The number of aromatic nitrogens is 4. The average molecular weight is 481 g/mol. The number of alkyl halides is 1. The van der Waals surface area contributed by atoms with Crippen molar-refractivity contribution in [2.45, 2.75) is 62.4 Å². The summed E-state index contributed by atoms with van der Waals surface area (Å²) < 4.78 is 35.4. The number of phenolic OH excluding ortho intramolecular Hbond substituents is 1. The van der Waals surface area contributed by atoms with Crippen LogP contribution >= 0.6 is 0 Å². The lowest BCUT2D eigenvalue weighted by molar-refractivity contribution is 0.171. The lowest BCUT2D eigenvalue weighted by atomic mass is 9.95. The van der Waals surface area contributed by atoms with E-state index >= 15 is 8.78 Å². The zero-order valence-corrected chi connectivity index (χ0v) is 19.2. The number of nitrogens with one attached hydrogen (secondary N) is 1. The van der Waals surface area contributed by atoms with Crippen LogP contribution in [0.15, 0.2) is 36.7 Å². The van der Waals surface area contributed by atoms with Crippen molar-refractivity contribution >= 4 is 5.82 Å². The molecule has 2 saturated heterocycles. The van der Waals surface area contributed by atoms with E-state index in [0.29, 0.717) is 17.6 Å². The summed E-state index contributed by atoms with van der Waals surface area (Å²) >= 11 is 0. The van der Waals surface area contributed by atoms with Crippen LogP contribution in [0.5, 0.6) is 11.6 Å². The van der Waals surface area contributed by atoms with E-state index in [1.807, 2.05) is 0 Å². The van der Waals surface area contributed by atoms with Crippen molar-refractivity contribution in [2.24, 2.45) is 0 Å². The van der Waals surface area contributed by atoms with Crippen molar-refractivity contribution in [3.8, 4) is 34.1 Å². The van der Waals surface area contributed by atoms with Gasteiger partial charge in [0.25, 0.3) is 0 Å². The lowest BCUT2D eigenvalue weighted by Crippen LogP contribution is -2.57. The van der Waals surface area contributed by atoms with E-state index in [4.69, 9.17) is 4.74 Å². The first-order valence-electron chi connectivity index (χ1n) is 11.9. The molecule has 1 saturated carbocycles. The van der Waals surface area contributed by atoms with Gasteiger partial charge >= 0.3 is 0 Å². The molecule has 2 bridgehead atoms. The van der Waals surface area contributed by atoms with Gasteiger partial charge in [0.2, 0.25) is 5.88 Å². The van der Waals surface area contributed by atoms with Gasteiger partial charge in [-0.15, -0.1) is 10.2 Å². The van der Waals surface area contributed by atoms with Gasteiger partial charge in [-0.1, -0.05) is 0 Å². The molecule has 3 aliphatic rings. The van der Waals surface area contributed by atoms with Gasteiger partial charge < -0.3 is 20.1 Å². The van der Waals surface area contributed by atoms with E-state index in [2.05, 4.69) is 30.4 Å². The highest BCUT2D eigenvalue weighted by Gasteiger charge is 2.48. The normalized spacial score (nSPS) is 25.5. The van der Waals surface area contributed by atoms with Crippen molar-refractivity contribution in [3.63, 3.8) is 0 Å². The van der Waals surface area contributed by atoms with Crippen LogP contribution in [-0.2, 0) is 0 Å². The Hall–Kier alpha value is -3.40. The first-order chi connectivity index (χ1) is 17.0. The minimum atomic E-state index is -0.957. The van der Waals surface area contributed by atoms with Gasteiger partial charge in [-0.3, -0.25) is 0 Å². The summed E-state index contributed by atoms with van der Waals surface area (Å²) in [6.45, 7) is 0. The molecule has 35 heavy (non-hydrogen) atoms. The van der Waals surface area contributed by atoms with Crippen LogP contribution in [-0.4, -0.2) is 62.7 Å². The monoisotopic (exact) mass is 480 g/mol. The SMILES string of the molecule is COc1cc(-c2cc(O)c(-c3ccc(N(C4CC4)C4CC5CCC(N5)C4F)nn3)cc2F)ncn1. The Morgan fingerprint density at radius 1 is 1.03 bits per heavy atom. The number of anilines is 1. The van der Waals surface area contributed by atoms with Crippen LogP contribution in [0.2, 0.25) is 0 Å². The summed E-state index contributed by atoms with van der Waals surface area (Å²) in [5, 5.41) is 22.7. The molecule has 1 aliphatic carbocycles. The smallest absolute Gasteiger partial charge is 0.216 e. The van der Waals surface area contributed by atoms with Gasteiger partial charge in [0.1, 0.15) is 24.1 Å². The van der Waals surface area contributed by atoms with Crippen LogP contribution in [0.4, 0.5) is 14.6 Å². The summed E-state index contributed by atoms with van der Waals surface area (Å²) in [6, 6.07) is 7.78. The third kappa shape index (κ3) is 4.05. The summed E-state index contributed by atoms with van der Waals surface area (Å²) in [6.07, 6.45) is 4.96. The fraction of sp³-hybridized carbons (Fsp3) is 0.440. The van der Waals surface area contributed by atoms with E-state index < -0.39 is 12.0 Å². The molecule has 4 atom stereocenters. The second-order valence-electron chi connectivity index (χ2n) is 9.50. The quantitative estimate of drug-likeness (QED) is 0.552. The molecule has 0 radical (unpaired) electrons. The number of piperidine rings is 1. The van der Waals surface area contributed by atoms with E-state index in [1.54, 1.807) is 12.1 Å². The summed E-state index contributed by atoms with van der Waals surface area (Å²) in [5.74, 6) is 0.181. The molecule has 10 heteroatoms. The summed E-state index contributed by atoms with van der Waals surface area (Å²) in [4.78, 5) is 10.1. The molecule has 182 valence electrons. The van der Waals surface area contributed by atoms with E-state index in [1.165, 1.54) is 31.6 Å². The van der Waals surface area contributed by atoms with Gasteiger partial charge in [-0.05, 0) is 56.4 Å². The zero-order chi connectivity index (χ0) is 24.1. The number of ether oxygens (including phenoxy) is 1. The number of fused-ring (bicyclic) bond motifs is 2. The average Bonchev–Trinajstić information content (AvgIpc) is 3.63. The molecule has 4 heterocycles. The Labute approximate surface area is 201 Å². The standard InChI is InChI=1S/C25H26F2N6O2/c1-35-24-11-20(28-12-29-24)15-10-22(34)16(9-17(15)26)18-6-7-23(32-31-18)33(14-3-4-14)21-8-13-2-5-19(30-13)25(21)27/h6-7,9-14,19,21,25,30,34H,2-5,8H2,1H3. The third-order valence-corrected chi connectivity index (χ3v) is 7.25. The van der Waals surface area contributed by atoms with Crippen LogP contribution in [0.3, 0.4) is 0 Å². The lowest BCUT2D eigenvalue weighted by Gasteiger charge is -2.41. The Balaban J connectivity index is 1.28. The zero-order valence-electron chi connectivity index (χ0n) is 19.2. The number of benzene rings is 1. The Kier molecular flexibility index (Phi) is 5.47. The first kappa shape index (κ1) is 22.1. The number of hydrogen-bond acceptors (Lipinski definition) is 8. The number of aromatic hydroxyl groups is 1. The molecule has 3 aromatic rings. The van der Waals surface area contributed by atoms with Gasteiger partial charge in [-0.2, -0.15) is 0 Å². The molecule has 8 nitrogen and oxygen atoms in total. The minimum Gasteiger partial charge on any atom is -0.507 e. The molecular weight excluding hydrogens is 454 g/mol. The van der Waals surface area contributed by atoms with Crippen molar-refractivity contribution in [1.82, 2.24) is 25.5 Å². The first-order valence-corrected chi connectivity index (χ1v) is 11.9. The van der Waals surface area contributed by atoms with Gasteiger partial charge in [0.05, 0.1) is 24.5 Å². The van der Waals surface area contributed by atoms with Crippen molar-refractivity contribution in [3.05, 3.63) is 42.5 Å². The van der Waals surface area contributed by atoms with Crippen LogP contribution in [0, 0.1) is 5.82 Å². The maximum absolute atomic E-state index is 15.3. The molecule has 0 amide bonds. The predicted octanol–water partition coefficient (Wildman–Crippen LogP) is 3.65.